The number of benzene rings is 2. The first-order valence-corrected chi connectivity index (χ1v) is 14.0. The van der Waals surface area contributed by atoms with Crippen molar-refractivity contribution in [1.29, 1.82) is 0 Å². The third-order valence-electron chi connectivity index (χ3n) is 7.58. The van der Waals surface area contributed by atoms with Gasteiger partial charge in [-0.25, -0.2) is 9.59 Å². The smallest absolute Gasteiger partial charge is 0.410 e. The van der Waals surface area contributed by atoms with Gasteiger partial charge in [-0.15, -0.1) is 0 Å². The van der Waals surface area contributed by atoms with E-state index < -0.39 is 23.7 Å². The molecule has 0 bridgehead atoms. The van der Waals surface area contributed by atoms with E-state index in [1.54, 1.807) is 0 Å². The molecular weight excluding hydrogens is 526 g/mol. The van der Waals surface area contributed by atoms with Crippen LogP contribution in [0.1, 0.15) is 50.7 Å². The van der Waals surface area contributed by atoms with Gasteiger partial charge < -0.3 is 19.9 Å². The zero-order chi connectivity index (χ0) is 29.7. The van der Waals surface area contributed by atoms with Gasteiger partial charge in [0.1, 0.15) is 18.2 Å². The van der Waals surface area contributed by atoms with Crippen molar-refractivity contribution in [3.05, 3.63) is 59.7 Å². The molecule has 1 heterocycles. The molecule has 1 unspecified atom stereocenters. The van der Waals surface area contributed by atoms with Gasteiger partial charge >= 0.3 is 18.0 Å². The first-order chi connectivity index (χ1) is 19.4. The van der Waals surface area contributed by atoms with Crippen LogP contribution < -0.4 is 5.32 Å². The number of nitrogens with zero attached hydrogens (tertiary/aromatic N) is 2. The molecule has 2 N–H and O–H groups in total. The number of ether oxygens (including phenoxy) is 2. The fourth-order valence-corrected chi connectivity index (χ4v) is 5.46. The van der Waals surface area contributed by atoms with E-state index in [1.165, 1.54) is 7.05 Å². The zero-order valence-electron chi connectivity index (χ0n) is 24.1. The van der Waals surface area contributed by atoms with Crippen molar-refractivity contribution < 1.29 is 33.8 Å². The molecule has 0 saturated carbocycles. The number of carbonyl (C=O) groups excluding carboxylic acids is 3. The Hall–Kier alpha value is -3.92. The molecule has 41 heavy (non-hydrogen) atoms. The fraction of sp³-hybridized carbons (Fsp3) is 0.484. The molecule has 220 valence electrons. The maximum absolute atomic E-state index is 12.9. The molecule has 2 amide bonds. The van der Waals surface area contributed by atoms with E-state index in [2.05, 4.69) is 5.32 Å². The zero-order valence-corrected chi connectivity index (χ0v) is 24.1. The Morgan fingerprint density at radius 2 is 1.56 bits per heavy atom. The van der Waals surface area contributed by atoms with Gasteiger partial charge in [-0.1, -0.05) is 48.5 Å². The van der Waals surface area contributed by atoms with E-state index in [4.69, 9.17) is 9.47 Å². The lowest BCUT2D eigenvalue weighted by atomic mass is 9.96. The summed E-state index contributed by atoms with van der Waals surface area (Å²) in [5.41, 5.74) is 3.76. The van der Waals surface area contributed by atoms with Crippen molar-refractivity contribution in [2.75, 3.05) is 39.8 Å². The number of hydrogen-bond acceptors (Lipinski definition) is 7. The quantitative estimate of drug-likeness (QED) is 0.443. The van der Waals surface area contributed by atoms with E-state index in [1.807, 2.05) is 74.2 Å². The summed E-state index contributed by atoms with van der Waals surface area (Å²) in [6, 6.07) is 14.6. The van der Waals surface area contributed by atoms with E-state index in [0.717, 1.165) is 27.2 Å². The maximum Gasteiger partial charge on any atom is 0.410 e. The average Bonchev–Trinajstić information content (AvgIpc) is 3.24. The van der Waals surface area contributed by atoms with Crippen molar-refractivity contribution in [3.8, 4) is 11.1 Å². The van der Waals surface area contributed by atoms with Crippen LogP contribution in [0.5, 0.6) is 0 Å². The summed E-state index contributed by atoms with van der Waals surface area (Å²) >= 11 is 0. The molecule has 1 aliphatic carbocycles. The highest BCUT2D eigenvalue weighted by atomic mass is 16.6. The molecule has 1 fully saturated rings. The normalized spacial score (nSPS) is 16.3. The summed E-state index contributed by atoms with van der Waals surface area (Å²) < 4.78 is 11.0. The number of amides is 2. The molecule has 0 radical (unpaired) electrons. The van der Waals surface area contributed by atoms with Crippen LogP contribution in [-0.4, -0.2) is 90.3 Å². The summed E-state index contributed by atoms with van der Waals surface area (Å²) in [6.07, 6.45) is 0.298. The van der Waals surface area contributed by atoms with Crippen molar-refractivity contribution in [3.63, 3.8) is 0 Å². The minimum Gasteiger partial charge on any atom is -0.480 e. The summed E-state index contributed by atoms with van der Waals surface area (Å²) in [5, 5.41) is 12.5. The predicted molar refractivity (Wildman–Crippen MR) is 152 cm³/mol. The molecule has 1 saturated heterocycles. The minimum atomic E-state index is -1.29. The lowest BCUT2D eigenvalue weighted by Gasteiger charge is -2.32. The molecule has 2 aromatic rings. The SMILES string of the molecule is CN(C(=O)OCC1c2ccccc2-c2ccccc21)C(CNC(=O)C1CCN(CC(=O)OC(C)(C)C)CC1)C(=O)O. The van der Waals surface area contributed by atoms with Crippen molar-refractivity contribution in [2.24, 2.45) is 5.92 Å². The number of hydrogen-bond donors (Lipinski definition) is 2. The van der Waals surface area contributed by atoms with Crippen LogP contribution in [0.4, 0.5) is 4.79 Å². The standard InChI is InChI=1S/C31H39N3O7/c1-31(2,3)41-27(35)18-34-15-13-20(14-16-34)28(36)32-17-26(29(37)38)33(4)30(39)40-19-25-23-11-7-5-9-21(23)22-10-6-8-12-24(22)25/h5-12,20,25-26H,13-19H2,1-4H3,(H,32,36)(H,37,38). The van der Waals surface area contributed by atoms with Crippen LogP contribution in [0.3, 0.4) is 0 Å². The number of carboxylic acid groups (broad SMARTS) is 1. The Morgan fingerprint density at radius 1 is 1.00 bits per heavy atom. The van der Waals surface area contributed by atoms with Crippen LogP contribution in [0, 0.1) is 5.92 Å². The molecule has 1 atom stereocenters. The Bertz CT molecular complexity index is 1230. The van der Waals surface area contributed by atoms with Gasteiger partial charge in [-0.2, -0.15) is 0 Å². The molecule has 1 aliphatic heterocycles. The number of esters is 1. The minimum absolute atomic E-state index is 0.0672. The number of aliphatic carboxylic acids is 1. The second kappa shape index (κ2) is 12.7. The number of rotatable bonds is 9. The maximum atomic E-state index is 12.9. The summed E-state index contributed by atoms with van der Waals surface area (Å²) in [5.74, 6) is -2.27. The topological polar surface area (TPSA) is 125 Å². The summed E-state index contributed by atoms with van der Waals surface area (Å²) in [4.78, 5) is 52.8. The van der Waals surface area contributed by atoms with Gasteiger partial charge in [0.05, 0.1) is 6.54 Å². The predicted octanol–water partition coefficient (Wildman–Crippen LogP) is 3.49. The number of likely N-dealkylation sites (tertiary alicyclic amines) is 1. The van der Waals surface area contributed by atoms with Gasteiger partial charge in [-0.3, -0.25) is 19.4 Å². The molecule has 0 spiro atoms. The molecule has 2 aromatic carbocycles. The molecule has 10 heteroatoms. The molecule has 2 aliphatic rings. The first kappa shape index (κ1) is 30.0. The van der Waals surface area contributed by atoms with Crippen LogP contribution in [0.2, 0.25) is 0 Å². The van der Waals surface area contributed by atoms with Gasteiger partial charge in [0.15, 0.2) is 0 Å². The molecule has 10 nitrogen and oxygen atoms in total. The molecule has 4 rings (SSSR count). The molecule has 0 aromatic heterocycles. The van der Waals surface area contributed by atoms with Crippen LogP contribution in [-0.2, 0) is 23.9 Å². The van der Waals surface area contributed by atoms with Gasteiger partial charge in [0.25, 0.3) is 0 Å². The number of carboxylic acids is 1. The largest absolute Gasteiger partial charge is 0.480 e. The number of carbonyl (C=O) groups is 4. The van der Waals surface area contributed by atoms with E-state index >= 15 is 0 Å². The monoisotopic (exact) mass is 565 g/mol. The highest BCUT2D eigenvalue weighted by Gasteiger charge is 2.33. The van der Waals surface area contributed by atoms with Crippen LogP contribution in [0.15, 0.2) is 48.5 Å². The van der Waals surface area contributed by atoms with E-state index in [9.17, 15) is 24.3 Å². The van der Waals surface area contributed by atoms with Crippen molar-refractivity contribution >= 4 is 23.9 Å². The van der Waals surface area contributed by atoms with E-state index in [-0.39, 0.29) is 43.4 Å². The lowest BCUT2D eigenvalue weighted by molar-refractivity contribution is -0.156. The van der Waals surface area contributed by atoms with Crippen LogP contribution >= 0.6 is 0 Å². The Kier molecular flexibility index (Phi) is 9.32. The van der Waals surface area contributed by atoms with Crippen molar-refractivity contribution in [1.82, 2.24) is 15.1 Å². The Labute approximate surface area is 240 Å². The average molecular weight is 566 g/mol. The van der Waals surface area contributed by atoms with Crippen molar-refractivity contribution in [2.45, 2.75) is 51.2 Å². The number of nitrogens with one attached hydrogen (secondary N) is 1. The number of fused-ring (bicyclic) bond motifs is 3. The third-order valence-corrected chi connectivity index (χ3v) is 7.58. The number of likely N-dealkylation sites (N-methyl/N-ethyl adjacent to an activating group) is 1. The third kappa shape index (κ3) is 7.43. The molecular formula is C31H39N3O7. The lowest BCUT2D eigenvalue weighted by Crippen LogP contribution is -2.51. The highest BCUT2D eigenvalue weighted by Crippen LogP contribution is 2.44. The number of piperidine rings is 1. The van der Waals surface area contributed by atoms with Gasteiger partial charge in [-0.05, 0) is 69.0 Å². The van der Waals surface area contributed by atoms with Gasteiger partial charge in [0.2, 0.25) is 5.91 Å². The Morgan fingerprint density at radius 3 is 2.10 bits per heavy atom. The second-order valence-corrected chi connectivity index (χ2v) is 11.7. The second-order valence-electron chi connectivity index (χ2n) is 11.7. The fourth-order valence-electron chi connectivity index (χ4n) is 5.46. The van der Waals surface area contributed by atoms with Gasteiger partial charge in [0, 0.05) is 25.4 Å². The Balaban J connectivity index is 1.27. The summed E-state index contributed by atoms with van der Waals surface area (Å²) in [7, 11) is 1.36. The van der Waals surface area contributed by atoms with E-state index in [0.29, 0.717) is 25.9 Å². The summed E-state index contributed by atoms with van der Waals surface area (Å²) in [6.45, 7) is 6.55. The first-order valence-electron chi connectivity index (χ1n) is 14.0. The highest BCUT2D eigenvalue weighted by molar-refractivity contribution is 5.83. The van der Waals surface area contributed by atoms with Crippen LogP contribution in [0.25, 0.3) is 11.1 Å².